The highest BCUT2D eigenvalue weighted by Crippen LogP contribution is 2.43. The molecule has 1 N–H and O–H groups in total. The number of hydrogen-bond acceptors (Lipinski definition) is 3. The minimum Gasteiger partial charge on any atom is -0.375 e. The van der Waals surface area contributed by atoms with Crippen LogP contribution in [0.1, 0.15) is 39.0 Å². The van der Waals surface area contributed by atoms with Crippen molar-refractivity contribution in [3.8, 4) is 0 Å². The maximum absolute atomic E-state index is 13.4. The lowest BCUT2D eigenvalue weighted by atomic mass is 9.88. The zero-order chi connectivity index (χ0) is 21.5. The van der Waals surface area contributed by atoms with E-state index in [1.165, 1.54) is 0 Å². The van der Waals surface area contributed by atoms with Gasteiger partial charge in [-0.05, 0) is 55.3 Å². The highest BCUT2D eigenvalue weighted by Gasteiger charge is 2.50. The topological polar surface area (TPSA) is 57.6 Å². The standard InChI is InChI=1S/C25H22ClNO3/c1-16-7-8-19(17(2)13-16)15-27-22-6-4-3-5-21(22)25(30,24(27)29)14-23(28)18-9-11-20(26)12-10-18/h3-13,30H,14-15H2,1-2H3. The smallest absolute Gasteiger partial charge is 0.264 e. The number of hydrogen-bond donors (Lipinski definition) is 1. The number of benzene rings is 3. The molecule has 3 aromatic carbocycles. The lowest BCUT2D eigenvalue weighted by Gasteiger charge is -2.23. The van der Waals surface area contributed by atoms with Crippen LogP contribution in [-0.2, 0) is 16.9 Å². The van der Waals surface area contributed by atoms with Gasteiger partial charge in [0, 0.05) is 16.1 Å². The Hall–Kier alpha value is -2.95. The van der Waals surface area contributed by atoms with E-state index in [2.05, 4.69) is 6.07 Å². The molecule has 0 bridgehead atoms. The minimum atomic E-state index is -1.90. The van der Waals surface area contributed by atoms with E-state index in [9.17, 15) is 14.7 Å². The molecule has 0 saturated carbocycles. The molecule has 0 aliphatic carbocycles. The summed E-state index contributed by atoms with van der Waals surface area (Å²) in [7, 11) is 0. The zero-order valence-electron chi connectivity index (χ0n) is 16.9. The zero-order valence-corrected chi connectivity index (χ0v) is 17.6. The van der Waals surface area contributed by atoms with E-state index < -0.39 is 11.5 Å². The molecule has 1 atom stereocenters. The summed E-state index contributed by atoms with van der Waals surface area (Å²) in [6.45, 7) is 4.36. The molecule has 1 aliphatic heterocycles. The van der Waals surface area contributed by atoms with Crippen molar-refractivity contribution >= 4 is 29.0 Å². The number of aliphatic hydroxyl groups is 1. The lowest BCUT2D eigenvalue weighted by molar-refractivity contribution is -0.136. The molecule has 1 amide bonds. The molecular weight excluding hydrogens is 398 g/mol. The van der Waals surface area contributed by atoms with Crippen molar-refractivity contribution in [1.82, 2.24) is 0 Å². The number of nitrogens with zero attached hydrogens (tertiary/aromatic N) is 1. The number of anilines is 1. The first-order valence-corrected chi connectivity index (χ1v) is 10.2. The molecule has 5 heteroatoms. The molecular formula is C25H22ClNO3. The largest absolute Gasteiger partial charge is 0.375 e. The van der Waals surface area contributed by atoms with Gasteiger partial charge in [0.15, 0.2) is 11.4 Å². The summed E-state index contributed by atoms with van der Waals surface area (Å²) in [4.78, 5) is 27.8. The number of carbonyl (C=O) groups is 2. The summed E-state index contributed by atoms with van der Waals surface area (Å²) in [5.41, 5.74) is 2.83. The molecule has 0 aromatic heterocycles. The summed E-state index contributed by atoms with van der Waals surface area (Å²) in [6.07, 6.45) is -0.326. The van der Waals surface area contributed by atoms with Gasteiger partial charge in [-0.15, -0.1) is 0 Å². The fourth-order valence-electron chi connectivity index (χ4n) is 4.00. The van der Waals surface area contributed by atoms with Gasteiger partial charge in [-0.2, -0.15) is 0 Å². The second-order valence-corrected chi connectivity index (χ2v) is 8.24. The number of ketones is 1. The Labute approximate surface area is 180 Å². The van der Waals surface area contributed by atoms with Gasteiger partial charge in [-0.3, -0.25) is 9.59 Å². The van der Waals surface area contributed by atoms with Crippen LogP contribution in [0.15, 0.2) is 66.7 Å². The maximum Gasteiger partial charge on any atom is 0.264 e. The second kappa shape index (κ2) is 7.71. The minimum absolute atomic E-state index is 0.314. The van der Waals surface area contributed by atoms with Crippen LogP contribution in [0.5, 0.6) is 0 Å². The van der Waals surface area contributed by atoms with Crippen LogP contribution in [0.25, 0.3) is 0 Å². The number of amides is 1. The average molecular weight is 420 g/mol. The van der Waals surface area contributed by atoms with Gasteiger partial charge in [0.2, 0.25) is 0 Å². The molecule has 1 unspecified atom stereocenters. The Morgan fingerprint density at radius 1 is 1.03 bits per heavy atom. The number of rotatable bonds is 5. The summed E-state index contributed by atoms with van der Waals surface area (Å²) < 4.78 is 0. The van der Waals surface area contributed by atoms with Crippen molar-refractivity contribution < 1.29 is 14.7 Å². The predicted molar refractivity (Wildman–Crippen MR) is 118 cm³/mol. The summed E-state index contributed by atoms with van der Waals surface area (Å²) >= 11 is 5.90. The van der Waals surface area contributed by atoms with E-state index in [0.29, 0.717) is 28.4 Å². The Kier molecular flexibility index (Phi) is 5.22. The van der Waals surface area contributed by atoms with E-state index in [1.54, 1.807) is 41.3 Å². The van der Waals surface area contributed by atoms with Gasteiger partial charge >= 0.3 is 0 Å². The highest BCUT2D eigenvalue weighted by molar-refractivity contribution is 6.30. The van der Waals surface area contributed by atoms with E-state index in [1.807, 2.05) is 38.1 Å². The number of para-hydroxylation sites is 1. The summed E-state index contributed by atoms with van der Waals surface area (Å²) in [5.74, 6) is -0.795. The third-order valence-electron chi connectivity index (χ3n) is 5.65. The Morgan fingerprint density at radius 3 is 2.43 bits per heavy atom. The first kappa shape index (κ1) is 20.3. The van der Waals surface area contributed by atoms with Crippen LogP contribution in [-0.4, -0.2) is 16.8 Å². The molecule has 152 valence electrons. The van der Waals surface area contributed by atoms with E-state index >= 15 is 0 Å². The van der Waals surface area contributed by atoms with Gasteiger partial charge in [0.1, 0.15) is 0 Å². The van der Waals surface area contributed by atoms with Crippen LogP contribution < -0.4 is 4.90 Å². The molecule has 4 rings (SSSR count). The maximum atomic E-state index is 13.4. The van der Waals surface area contributed by atoms with Gasteiger partial charge < -0.3 is 10.0 Å². The van der Waals surface area contributed by atoms with Crippen LogP contribution in [0, 0.1) is 13.8 Å². The lowest BCUT2D eigenvalue weighted by Crippen LogP contribution is -2.41. The molecule has 0 radical (unpaired) electrons. The van der Waals surface area contributed by atoms with Gasteiger partial charge in [0.05, 0.1) is 18.7 Å². The van der Waals surface area contributed by atoms with Gasteiger partial charge in [0.25, 0.3) is 5.91 Å². The fourth-order valence-corrected chi connectivity index (χ4v) is 4.12. The molecule has 30 heavy (non-hydrogen) atoms. The monoisotopic (exact) mass is 419 g/mol. The number of aryl methyl sites for hydroxylation is 2. The third-order valence-corrected chi connectivity index (χ3v) is 5.90. The third kappa shape index (κ3) is 3.53. The first-order chi connectivity index (χ1) is 14.3. The predicted octanol–water partition coefficient (Wildman–Crippen LogP) is 4.96. The van der Waals surface area contributed by atoms with Crippen molar-refractivity contribution in [3.63, 3.8) is 0 Å². The molecule has 4 nitrogen and oxygen atoms in total. The molecule has 0 saturated heterocycles. The number of halogens is 1. The van der Waals surface area contributed by atoms with Gasteiger partial charge in [-0.25, -0.2) is 0 Å². The van der Waals surface area contributed by atoms with Crippen LogP contribution in [0.4, 0.5) is 5.69 Å². The first-order valence-electron chi connectivity index (χ1n) is 9.78. The van der Waals surface area contributed by atoms with E-state index in [0.717, 1.165) is 16.7 Å². The Morgan fingerprint density at radius 2 is 1.73 bits per heavy atom. The van der Waals surface area contributed by atoms with Crippen molar-refractivity contribution in [2.75, 3.05) is 4.90 Å². The number of carbonyl (C=O) groups excluding carboxylic acids is 2. The number of Topliss-reactive ketones (excluding diaryl/α,β-unsaturated/α-hetero) is 1. The molecule has 0 spiro atoms. The Balaban J connectivity index is 1.68. The molecule has 1 aliphatic rings. The second-order valence-electron chi connectivity index (χ2n) is 7.81. The summed E-state index contributed by atoms with van der Waals surface area (Å²) in [6, 6.07) is 19.6. The van der Waals surface area contributed by atoms with Crippen molar-refractivity contribution in [3.05, 3.63) is 99.6 Å². The van der Waals surface area contributed by atoms with Crippen molar-refractivity contribution in [2.45, 2.75) is 32.4 Å². The molecule has 1 heterocycles. The fraction of sp³-hybridized carbons (Fsp3) is 0.200. The van der Waals surface area contributed by atoms with E-state index in [-0.39, 0.29) is 12.2 Å². The van der Waals surface area contributed by atoms with Crippen molar-refractivity contribution in [2.24, 2.45) is 0 Å². The quantitative estimate of drug-likeness (QED) is 0.594. The highest BCUT2D eigenvalue weighted by atomic mass is 35.5. The van der Waals surface area contributed by atoms with Crippen molar-refractivity contribution in [1.29, 1.82) is 0 Å². The number of fused-ring (bicyclic) bond motifs is 1. The summed E-state index contributed by atoms with van der Waals surface area (Å²) in [5, 5.41) is 11.9. The van der Waals surface area contributed by atoms with Crippen LogP contribution in [0.3, 0.4) is 0 Å². The SMILES string of the molecule is Cc1ccc(CN2C(=O)C(O)(CC(=O)c3ccc(Cl)cc3)c3ccccc32)c(C)c1. The average Bonchev–Trinajstić information content (AvgIpc) is 2.92. The van der Waals surface area contributed by atoms with E-state index in [4.69, 9.17) is 11.6 Å². The molecule has 0 fully saturated rings. The van der Waals surface area contributed by atoms with Crippen LogP contribution >= 0.6 is 11.6 Å². The molecule has 3 aromatic rings. The van der Waals surface area contributed by atoms with Gasteiger partial charge in [-0.1, -0.05) is 53.6 Å². The van der Waals surface area contributed by atoms with Crippen LogP contribution in [0.2, 0.25) is 5.02 Å². The normalized spacial score (nSPS) is 17.9. The Bertz CT molecular complexity index is 1140.